The van der Waals surface area contributed by atoms with Gasteiger partial charge in [-0.25, -0.2) is 4.98 Å². The third kappa shape index (κ3) is 5.04. The standard InChI is InChI=1S/C19H18N8O3S/c1-27-15(9-17-23-18(26-30-17)14-10-20-7-8-21-14)24-25-19(27)31-11-16(28)22-12-3-5-13(29-2)6-4-12/h3-8,10H,9,11H2,1-2H3,(H,22,28). The fourth-order valence-corrected chi connectivity index (χ4v) is 3.34. The maximum atomic E-state index is 12.2. The van der Waals surface area contributed by atoms with Crippen LogP contribution in [0.5, 0.6) is 5.75 Å². The number of nitrogens with zero attached hydrogens (tertiary/aromatic N) is 7. The second-order valence-electron chi connectivity index (χ2n) is 6.30. The van der Waals surface area contributed by atoms with Crippen LogP contribution in [-0.4, -0.2) is 53.6 Å². The van der Waals surface area contributed by atoms with Crippen LogP contribution in [0.2, 0.25) is 0 Å². The van der Waals surface area contributed by atoms with Gasteiger partial charge in [0.1, 0.15) is 17.3 Å². The lowest BCUT2D eigenvalue weighted by molar-refractivity contribution is -0.113. The minimum atomic E-state index is -0.148. The number of thioether (sulfide) groups is 1. The van der Waals surface area contributed by atoms with Crippen molar-refractivity contribution in [2.45, 2.75) is 11.6 Å². The largest absolute Gasteiger partial charge is 0.497 e. The molecule has 0 radical (unpaired) electrons. The lowest BCUT2D eigenvalue weighted by Crippen LogP contribution is -2.14. The van der Waals surface area contributed by atoms with Gasteiger partial charge < -0.3 is 19.1 Å². The molecule has 31 heavy (non-hydrogen) atoms. The Kier molecular flexibility index (Phi) is 6.17. The predicted octanol–water partition coefficient (Wildman–Crippen LogP) is 1.99. The summed E-state index contributed by atoms with van der Waals surface area (Å²) in [6, 6.07) is 7.12. The number of methoxy groups -OCH3 is 1. The summed E-state index contributed by atoms with van der Waals surface area (Å²) in [5, 5.41) is 15.7. The van der Waals surface area contributed by atoms with Gasteiger partial charge in [-0.3, -0.25) is 9.78 Å². The Morgan fingerprint density at radius 2 is 2.06 bits per heavy atom. The minimum Gasteiger partial charge on any atom is -0.497 e. The number of amides is 1. The highest BCUT2D eigenvalue weighted by atomic mass is 32.2. The van der Waals surface area contributed by atoms with Crippen molar-refractivity contribution in [1.82, 2.24) is 34.9 Å². The van der Waals surface area contributed by atoms with E-state index in [1.165, 1.54) is 11.8 Å². The van der Waals surface area contributed by atoms with E-state index in [-0.39, 0.29) is 11.7 Å². The van der Waals surface area contributed by atoms with Crippen LogP contribution in [0, 0.1) is 0 Å². The maximum absolute atomic E-state index is 12.2. The molecule has 1 N–H and O–H groups in total. The van der Waals surface area contributed by atoms with Crippen LogP contribution in [0.4, 0.5) is 5.69 Å². The fourth-order valence-electron chi connectivity index (χ4n) is 2.61. The number of aromatic nitrogens is 7. The number of benzene rings is 1. The van der Waals surface area contributed by atoms with E-state index in [1.807, 2.05) is 7.05 Å². The van der Waals surface area contributed by atoms with Crippen molar-refractivity contribution >= 4 is 23.4 Å². The molecule has 0 saturated carbocycles. The lowest BCUT2D eigenvalue weighted by Gasteiger charge is -2.06. The maximum Gasteiger partial charge on any atom is 0.234 e. The fraction of sp³-hybridized carbons (Fsp3) is 0.211. The van der Waals surface area contributed by atoms with Crippen LogP contribution in [0.3, 0.4) is 0 Å². The van der Waals surface area contributed by atoms with Gasteiger partial charge in [0.25, 0.3) is 0 Å². The summed E-state index contributed by atoms with van der Waals surface area (Å²) in [5.41, 5.74) is 1.22. The van der Waals surface area contributed by atoms with Gasteiger partial charge in [-0.05, 0) is 24.3 Å². The van der Waals surface area contributed by atoms with Crippen molar-refractivity contribution in [3.63, 3.8) is 0 Å². The number of nitrogens with one attached hydrogen (secondary N) is 1. The number of hydrogen-bond donors (Lipinski definition) is 1. The van der Waals surface area contributed by atoms with E-state index in [2.05, 4.69) is 35.6 Å². The van der Waals surface area contributed by atoms with E-state index >= 15 is 0 Å². The van der Waals surface area contributed by atoms with Gasteiger partial charge in [0, 0.05) is 25.1 Å². The molecule has 158 valence electrons. The molecule has 0 fully saturated rings. The molecule has 0 atom stereocenters. The third-order valence-electron chi connectivity index (χ3n) is 4.20. The Hall–Kier alpha value is -3.80. The number of ether oxygens (including phenoxy) is 1. The monoisotopic (exact) mass is 438 g/mol. The summed E-state index contributed by atoms with van der Waals surface area (Å²) in [4.78, 5) is 24.7. The molecule has 1 aromatic carbocycles. The average molecular weight is 438 g/mol. The molecule has 3 heterocycles. The molecule has 0 aliphatic heterocycles. The van der Waals surface area contributed by atoms with E-state index in [0.29, 0.717) is 40.5 Å². The average Bonchev–Trinajstić information content (AvgIpc) is 3.41. The van der Waals surface area contributed by atoms with Crippen LogP contribution < -0.4 is 10.1 Å². The van der Waals surface area contributed by atoms with Crippen molar-refractivity contribution in [1.29, 1.82) is 0 Å². The Bertz CT molecular complexity index is 1160. The molecule has 4 rings (SSSR count). The molecule has 1 amide bonds. The molecule has 0 bridgehead atoms. The van der Waals surface area contributed by atoms with Gasteiger partial charge >= 0.3 is 0 Å². The molecule has 0 spiro atoms. The summed E-state index contributed by atoms with van der Waals surface area (Å²) >= 11 is 1.28. The molecule has 12 heteroatoms. The number of rotatable bonds is 8. The van der Waals surface area contributed by atoms with Crippen LogP contribution in [0.15, 0.2) is 52.5 Å². The highest BCUT2D eigenvalue weighted by molar-refractivity contribution is 7.99. The van der Waals surface area contributed by atoms with Crippen LogP contribution in [0.25, 0.3) is 11.5 Å². The second-order valence-corrected chi connectivity index (χ2v) is 7.24. The highest BCUT2D eigenvalue weighted by Gasteiger charge is 2.16. The van der Waals surface area contributed by atoms with Gasteiger partial charge in [-0.15, -0.1) is 10.2 Å². The molecule has 4 aromatic rings. The van der Waals surface area contributed by atoms with Gasteiger partial charge in [0.05, 0.1) is 25.5 Å². The first-order valence-electron chi connectivity index (χ1n) is 9.16. The minimum absolute atomic E-state index is 0.148. The lowest BCUT2D eigenvalue weighted by atomic mass is 10.3. The van der Waals surface area contributed by atoms with Crippen LogP contribution in [0.1, 0.15) is 11.7 Å². The van der Waals surface area contributed by atoms with Crippen molar-refractivity contribution in [2.24, 2.45) is 7.05 Å². The topological polar surface area (TPSA) is 134 Å². The molecule has 0 unspecified atom stereocenters. The third-order valence-corrected chi connectivity index (χ3v) is 5.22. The van der Waals surface area contributed by atoms with E-state index < -0.39 is 0 Å². The summed E-state index contributed by atoms with van der Waals surface area (Å²) in [5.74, 6) is 2.14. The number of carbonyl (C=O) groups excluding carboxylic acids is 1. The Labute approximate surface area is 181 Å². The molecule has 0 aliphatic carbocycles. The summed E-state index contributed by atoms with van der Waals surface area (Å²) in [7, 11) is 3.41. The normalized spacial score (nSPS) is 10.8. The van der Waals surface area contributed by atoms with Gasteiger partial charge in [0.2, 0.25) is 17.6 Å². The summed E-state index contributed by atoms with van der Waals surface area (Å²) in [6.07, 6.45) is 4.99. The van der Waals surface area contributed by atoms with Gasteiger partial charge in [0.15, 0.2) is 5.16 Å². The van der Waals surface area contributed by atoms with Crippen molar-refractivity contribution in [3.8, 4) is 17.3 Å². The SMILES string of the molecule is COc1ccc(NC(=O)CSc2nnc(Cc3nc(-c4cnccn4)no3)n2C)cc1. The van der Waals surface area contributed by atoms with Crippen molar-refractivity contribution < 1.29 is 14.1 Å². The zero-order valence-electron chi connectivity index (χ0n) is 16.7. The number of carbonyl (C=O) groups is 1. The first-order chi connectivity index (χ1) is 15.1. The van der Waals surface area contributed by atoms with E-state index in [4.69, 9.17) is 9.26 Å². The Morgan fingerprint density at radius 1 is 1.23 bits per heavy atom. The van der Waals surface area contributed by atoms with Crippen LogP contribution >= 0.6 is 11.8 Å². The summed E-state index contributed by atoms with van der Waals surface area (Å²) in [6.45, 7) is 0. The Balaban J connectivity index is 1.34. The first-order valence-corrected chi connectivity index (χ1v) is 10.1. The number of hydrogen-bond acceptors (Lipinski definition) is 10. The molecule has 0 saturated heterocycles. The zero-order chi connectivity index (χ0) is 21.6. The second kappa shape index (κ2) is 9.34. The van der Waals surface area contributed by atoms with E-state index in [1.54, 1.807) is 54.5 Å². The van der Waals surface area contributed by atoms with Crippen LogP contribution in [-0.2, 0) is 18.3 Å². The predicted molar refractivity (Wildman–Crippen MR) is 111 cm³/mol. The zero-order valence-corrected chi connectivity index (χ0v) is 17.5. The Morgan fingerprint density at radius 3 is 2.81 bits per heavy atom. The van der Waals surface area contributed by atoms with Gasteiger partial charge in [-0.1, -0.05) is 16.9 Å². The van der Waals surface area contributed by atoms with E-state index in [9.17, 15) is 4.79 Å². The smallest absolute Gasteiger partial charge is 0.234 e. The number of anilines is 1. The molecule has 0 aliphatic rings. The highest BCUT2D eigenvalue weighted by Crippen LogP contribution is 2.19. The van der Waals surface area contributed by atoms with E-state index in [0.717, 1.165) is 5.75 Å². The summed E-state index contributed by atoms with van der Waals surface area (Å²) < 4.78 is 12.2. The quantitative estimate of drug-likeness (QED) is 0.407. The van der Waals surface area contributed by atoms with Gasteiger partial charge in [-0.2, -0.15) is 4.98 Å². The molecular weight excluding hydrogens is 420 g/mol. The molecular formula is C19H18N8O3S. The van der Waals surface area contributed by atoms with Crippen molar-refractivity contribution in [3.05, 3.63) is 54.6 Å². The van der Waals surface area contributed by atoms with Crippen molar-refractivity contribution in [2.75, 3.05) is 18.2 Å². The molecule has 3 aromatic heterocycles. The first kappa shape index (κ1) is 20.5. The molecule has 11 nitrogen and oxygen atoms in total.